The van der Waals surface area contributed by atoms with E-state index < -0.39 is 0 Å². The lowest BCUT2D eigenvalue weighted by Crippen LogP contribution is -2.24. The summed E-state index contributed by atoms with van der Waals surface area (Å²) in [4.78, 5) is 14.3. The Morgan fingerprint density at radius 2 is 2.00 bits per heavy atom. The monoisotopic (exact) mass is 246 g/mol. The number of benzene rings is 1. The summed E-state index contributed by atoms with van der Waals surface area (Å²) in [5.74, 6) is 0.590. The maximum Gasteiger partial charge on any atom is 0.137 e. The van der Waals surface area contributed by atoms with Gasteiger partial charge in [-0.15, -0.1) is 0 Å². The summed E-state index contributed by atoms with van der Waals surface area (Å²) in [6.07, 6.45) is 2.48. The lowest BCUT2D eigenvalue weighted by atomic mass is 9.96. The molecule has 0 aromatic heterocycles. The van der Waals surface area contributed by atoms with Crippen molar-refractivity contribution in [2.75, 3.05) is 19.6 Å². The molecule has 1 unspecified atom stereocenters. The first-order valence-electron chi connectivity index (χ1n) is 6.78. The minimum atomic E-state index is 0.191. The molecule has 0 spiro atoms. The third-order valence-corrected chi connectivity index (χ3v) is 3.69. The van der Waals surface area contributed by atoms with Crippen LogP contribution < -0.4 is 5.73 Å². The Morgan fingerprint density at radius 1 is 1.22 bits per heavy atom. The number of hydrogen-bond acceptors (Lipinski definition) is 3. The smallest absolute Gasteiger partial charge is 0.137 e. The van der Waals surface area contributed by atoms with Crippen LogP contribution in [-0.2, 0) is 11.3 Å². The lowest BCUT2D eigenvalue weighted by molar-refractivity contribution is -0.122. The molecule has 0 aliphatic carbocycles. The average molecular weight is 246 g/mol. The Balaban J connectivity index is 1.90. The SMILES string of the molecule is NCCC1CCN(Cc2ccccc2)CCC1=O. The quantitative estimate of drug-likeness (QED) is 0.881. The summed E-state index contributed by atoms with van der Waals surface area (Å²) in [5.41, 5.74) is 6.89. The largest absolute Gasteiger partial charge is 0.330 e. The van der Waals surface area contributed by atoms with E-state index in [1.165, 1.54) is 5.56 Å². The fraction of sp³-hybridized carbons (Fsp3) is 0.533. The zero-order valence-corrected chi connectivity index (χ0v) is 10.8. The van der Waals surface area contributed by atoms with Crippen LogP contribution in [0.5, 0.6) is 0 Å². The highest BCUT2D eigenvalue weighted by molar-refractivity contribution is 5.81. The highest BCUT2D eigenvalue weighted by atomic mass is 16.1. The van der Waals surface area contributed by atoms with Crippen LogP contribution in [0.3, 0.4) is 0 Å². The van der Waals surface area contributed by atoms with Gasteiger partial charge in [-0.2, -0.15) is 0 Å². The van der Waals surface area contributed by atoms with Gasteiger partial charge in [0.15, 0.2) is 0 Å². The van der Waals surface area contributed by atoms with Crippen LogP contribution in [0.25, 0.3) is 0 Å². The summed E-state index contributed by atoms with van der Waals surface area (Å²) in [6, 6.07) is 10.5. The van der Waals surface area contributed by atoms with E-state index >= 15 is 0 Å². The van der Waals surface area contributed by atoms with Gasteiger partial charge in [-0.05, 0) is 31.5 Å². The van der Waals surface area contributed by atoms with E-state index in [0.29, 0.717) is 18.7 Å². The summed E-state index contributed by atoms with van der Waals surface area (Å²) < 4.78 is 0. The molecular weight excluding hydrogens is 224 g/mol. The molecule has 98 valence electrons. The molecule has 1 aliphatic rings. The second kappa shape index (κ2) is 6.66. The number of rotatable bonds is 4. The fourth-order valence-corrected chi connectivity index (χ4v) is 2.59. The molecule has 2 N–H and O–H groups in total. The predicted octanol–water partition coefficient (Wildman–Crippen LogP) is 1.82. The fourth-order valence-electron chi connectivity index (χ4n) is 2.59. The van der Waals surface area contributed by atoms with Crippen molar-refractivity contribution in [2.45, 2.75) is 25.8 Å². The molecule has 3 nitrogen and oxygen atoms in total. The molecule has 0 amide bonds. The molecular formula is C15H22N2O. The number of carbonyl (C=O) groups excluding carboxylic acids is 1. The maximum absolute atomic E-state index is 11.9. The van der Waals surface area contributed by atoms with Gasteiger partial charge in [-0.1, -0.05) is 30.3 Å². The zero-order valence-electron chi connectivity index (χ0n) is 10.8. The average Bonchev–Trinajstić information content (AvgIpc) is 2.56. The highest BCUT2D eigenvalue weighted by Gasteiger charge is 2.23. The zero-order chi connectivity index (χ0) is 12.8. The molecule has 0 radical (unpaired) electrons. The number of ketones is 1. The Kier molecular flexibility index (Phi) is 4.90. The second-order valence-corrected chi connectivity index (χ2v) is 5.04. The van der Waals surface area contributed by atoms with Gasteiger partial charge in [0.05, 0.1) is 0 Å². The van der Waals surface area contributed by atoms with Crippen molar-refractivity contribution in [3.63, 3.8) is 0 Å². The van der Waals surface area contributed by atoms with E-state index in [1.807, 2.05) is 6.07 Å². The Morgan fingerprint density at radius 3 is 2.72 bits per heavy atom. The van der Waals surface area contributed by atoms with Gasteiger partial charge < -0.3 is 5.73 Å². The van der Waals surface area contributed by atoms with Crippen molar-refractivity contribution in [2.24, 2.45) is 11.7 Å². The first-order chi connectivity index (χ1) is 8.79. The van der Waals surface area contributed by atoms with Crippen molar-refractivity contribution in [1.82, 2.24) is 4.90 Å². The second-order valence-electron chi connectivity index (χ2n) is 5.04. The summed E-state index contributed by atoms with van der Waals surface area (Å²) in [7, 11) is 0. The Labute approximate surface area is 109 Å². The van der Waals surface area contributed by atoms with E-state index in [-0.39, 0.29) is 5.92 Å². The maximum atomic E-state index is 11.9. The molecule has 1 aromatic rings. The van der Waals surface area contributed by atoms with Gasteiger partial charge >= 0.3 is 0 Å². The first kappa shape index (κ1) is 13.2. The van der Waals surface area contributed by atoms with Gasteiger partial charge in [0.25, 0.3) is 0 Å². The van der Waals surface area contributed by atoms with Gasteiger partial charge in [-0.3, -0.25) is 9.69 Å². The Bertz CT molecular complexity index is 377. The summed E-state index contributed by atoms with van der Waals surface area (Å²) in [6.45, 7) is 3.46. The normalized spacial score (nSPS) is 21.8. The van der Waals surface area contributed by atoms with Crippen molar-refractivity contribution in [3.8, 4) is 0 Å². The summed E-state index contributed by atoms with van der Waals surface area (Å²) in [5, 5.41) is 0. The van der Waals surface area contributed by atoms with E-state index in [1.54, 1.807) is 0 Å². The molecule has 1 saturated heterocycles. The van der Waals surface area contributed by atoms with E-state index in [2.05, 4.69) is 29.2 Å². The molecule has 1 aliphatic heterocycles. The molecule has 1 fully saturated rings. The third kappa shape index (κ3) is 3.65. The van der Waals surface area contributed by atoms with Crippen LogP contribution in [0, 0.1) is 5.92 Å². The molecule has 0 saturated carbocycles. The topological polar surface area (TPSA) is 46.3 Å². The van der Waals surface area contributed by atoms with Gasteiger partial charge in [0, 0.05) is 25.4 Å². The van der Waals surface area contributed by atoms with E-state index in [9.17, 15) is 4.79 Å². The minimum Gasteiger partial charge on any atom is -0.330 e. The van der Waals surface area contributed by atoms with Crippen molar-refractivity contribution >= 4 is 5.78 Å². The molecule has 18 heavy (non-hydrogen) atoms. The van der Waals surface area contributed by atoms with E-state index in [0.717, 1.165) is 32.5 Å². The van der Waals surface area contributed by atoms with Gasteiger partial charge in [0.2, 0.25) is 0 Å². The molecule has 2 rings (SSSR count). The number of carbonyl (C=O) groups is 1. The van der Waals surface area contributed by atoms with Crippen molar-refractivity contribution in [1.29, 1.82) is 0 Å². The van der Waals surface area contributed by atoms with Crippen LogP contribution in [0.15, 0.2) is 30.3 Å². The standard InChI is InChI=1S/C15H22N2O/c16-9-6-14-7-10-17(11-8-15(14)18)12-13-4-2-1-3-5-13/h1-5,14H,6-12,16H2. The highest BCUT2D eigenvalue weighted by Crippen LogP contribution is 2.18. The van der Waals surface area contributed by atoms with Crippen molar-refractivity contribution in [3.05, 3.63) is 35.9 Å². The van der Waals surface area contributed by atoms with Crippen LogP contribution in [0.1, 0.15) is 24.8 Å². The number of Topliss-reactive ketones (excluding diaryl/α,β-unsaturated/α-hetero) is 1. The summed E-state index contributed by atoms with van der Waals surface area (Å²) >= 11 is 0. The number of nitrogens with two attached hydrogens (primary N) is 1. The van der Waals surface area contributed by atoms with Crippen LogP contribution in [0.2, 0.25) is 0 Å². The number of likely N-dealkylation sites (tertiary alicyclic amines) is 1. The first-order valence-corrected chi connectivity index (χ1v) is 6.78. The van der Waals surface area contributed by atoms with Crippen LogP contribution in [-0.4, -0.2) is 30.3 Å². The van der Waals surface area contributed by atoms with Crippen molar-refractivity contribution < 1.29 is 4.79 Å². The van der Waals surface area contributed by atoms with Crippen LogP contribution in [0.4, 0.5) is 0 Å². The molecule has 1 heterocycles. The number of nitrogens with zero attached hydrogens (tertiary/aromatic N) is 1. The van der Waals surface area contributed by atoms with Crippen LogP contribution >= 0.6 is 0 Å². The predicted molar refractivity (Wildman–Crippen MR) is 73.1 cm³/mol. The Hall–Kier alpha value is -1.19. The minimum absolute atomic E-state index is 0.191. The number of hydrogen-bond donors (Lipinski definition) is 1. The third-order valence-electron chi connectivity index (χ3n) is 3.69. The molecule has 1 atom stereocenters. The van der Waals surface area contributed by atoms with E-state index in [4.69, 9.17) is 5.73 Å². The molecule has 0 bridgehead atoms. The van der Waals surface area contributed by atoms with Gasteiger partial charge in [-0.25, -0.2) is 0 Å². The van der Waals surface area contributed by atoms with Gasteiger partial charge in [0.1, 0.15) is 5.78 Å². The molecule has 3 heteroatoms. The lowest BCUT2D eigenvalue weighted by Gasteiger charge is -2.19. The molecule has 1 aromatic carbocycles.